The molecule has 0 bridgehead atoms. The number of carbonyl (C=O) groups is 3. The van der Waals surface area contributed by atoms with Gasteiger partial charge in [-0.1, -0.05) is 42.5 Å². The third kappa shape index (κ3) is 3.71. The van der Waals surface area contributed by atoms with Gasteiger partial charge in [0.15, 0.2) is 17.3 Å². The van der Waals surface area contributed by atoms with Gasteiger partial charge in [-0.15, -0.1) is 0 Å². The van der Waals surface area contributed by atoms with Gasteiger partial charge in [0.05, 0.1) is 12.0 Å². The molecule has 8 nitrogen and oxygen atoms in total. The van der Waals surface area contributed by atoms with E-state index in [1.165, 1.54) is 19.9 Å². The zero-order chi connectivity index (χ0) is 28.3. The van der Waals surface area contributed by atoms with Gasteiger partial charge in [-0.3, -0.25) is 14.4 Å². The monoisotopic (exact) mass is 538 g/mol. The summed E-state index contributed by atoms with van der Waals surface area (Å²) in [6.07, 6.45) is 0.579. The van der Waals surface area contributed by atoms with E-state index < -0.39 is 28.8 Å². The van der Waals surface area contributed by atoms with Crippen molar-refractivity contribution < 1.29 is 38.8 Å². The molecule has 0 radical (unpaired) electrons. The number of aliphatic hydroxyl groups excluding tert-OH is 1. The normalized spacial score (nSPS) is 21.1. The summed E-state index contributed by atoms with van der Waals surface area (Å²) in [5.41, 5.74) is 0.320. The van der Waals surface area contributed by atoms with Crippen LogP contribution in [-0.2, 0) is 21.6 Å². The number of allylic oxidation sites excluding steroid dienone is 3. The number of carbonyl (C=O) groups excluding carboxylic acids is 3. The van der Waals surface area contributed by atoms with E-state index in [0.29, 0.717) is 12.4 Å². The maximum absolute atomic E-state index is 13.6. The van der Waals surface area contributed by atoms with E-state index in [0.717, 1.165) is 11.1 Å². The van der Waals surface area contributed by atoms with E-state index in [4.69, 9.17) is 14.2 Å². The number of rotatable bonds is 5. The maximum Gasteiger partial charge on any atom is 0.188 e. The quantitative estimate of drug-likeness (QED) is 0.409. The Morgan fingerprint density at radius 3 is 2.42 bits per heavy atom. The van der Waals surface area contributed by atoms with Crippen LogP contribution in [0.5, 0.6) is 23.0 Å². The number of fused-ring (bicyclic) bond motifs is 5. The molecule has 3 aromatic rings. The van der Waals surface area contributed by atoms with Gasteiger partial charge in [-0.25, -0.2) is 0 Å². The first-order valence-corrected chi connectivity index (χ1v) is 12.9. The van der Waals surface area contributed by atoms with Crippen LogP contribution in [0.2, 0.25) is 0 Å². The molecule has 8 heteroatoms. The van der Waals surface area contributed by atoms with Gasteiger partial charge in [-0.05, 0) is 44.0 Å². The molecular formula is C32H26O8. The molecule has 3 aromatic carbocycles. The van der Waals surface area contributed by atoms with Gasteiger partial charge < -0.3 is 24.4 Å². The largest absolute Gasteiger partial charge is 0.507 e. The molecule has 2 atom stereocenters. The van der Waals surface area contributed by atoms with Gasteiger partial charge in [0.2, 0.25) is 0 Å². The number of benzene rings is 3. The van der Waals surface area contributed by atoms with E-state index in [1.807, 2.05) is 54.6 Å². The summed E-state index contributed by atoms with van der Waals surface area (Å²) in [7, 11) is 0. The Bertz CT molecular complexity index is 1660. The molecule has 0 saturated carbocycles. The minimum Gasteiger partial charge on any atom is -0.507 e. The Hall–Kier alpha value is -4.85. The lowest BCUT2D eigenvalue weighted by Crippen LogP contribution is -2.38. The third-order valence-electron chi connectivity index (χ3n) is 7.79. The van der Waals surface area contributed by atoms with Crippen LogP contribution in [0.4, 0.5) is 0 Å². The molecule has 0 amide bonds. The number of ether oxygens (including phenoxy) is 3. The average molecular weight is 539 g/mol. The average Bonchev–Trinajstić information content (AvgIpc) is 3.24. The molecule has 2 aliphatic heterocycles. The SMILES string of the molecule is CC(=O)C1=C(O)C=C2Oc3c4c(c(C)c(O)c3[C@]2(C)C1=O)OC(c1ccc(OCc2ccccc2)cc1)CC4=O. The zero-order valence-corrected chi connectivity index (χ0v) is 22.1. The number of Topliss-reactive ketones (excluding diaryl/α,β-unsaturated/α-hetero) is 3. The molecule has 40 heavy (non-hydrogen) atoms. The molecule has 1 aliphatic carbocycles. The van der Waals surface area contributed by atoms with E-state index in [2.05, 4.69) is 0 Å². The highest BCUT2D eigenvalue weighted by Gasteiger charge is 2.56. The van der Waals surface area contributed by atoms with Crippen molar-refractivity contribution in [3.63, 3.8) is 0 Å². The zero-order valence-electron chi connectivity index (χ0n) is 22.1. The fourth-order valence-electron chi connectivity index (χ4n) is 5.58. The molecule has 6 rings (SSSR count). The van der Waals surface area contributed by atoms with E-state index in [9.17, 15) is 24.6 Å². The predicted molar refractivity (Wildman–Crippen MR) is 144 cm³/mol. The van der Waals surface area contributed by atoms with Crippen LogP contribution < -0.4 is 14.2 Å². The molecule has 2 heterocycles. The van der Waals surface area contributed by atoms with Crippen LogP contribution in [0.25, 0.3) is 0 Å². The minimum absolute atomic E-state index is 0.00311. The predicted octanol–water partition coefficient (Wildman–Crippen LogP) is 5.50. The first kappa shape index (κ1) is 25.4. The second-order valence-electron chi connectivity index (χ2n) is 10.3. The second kappa shape index (κ2) is 9.12. The Labute approximate surface area is 230 Å². The molecule has 3 aliphatic rings. The van der Waals surface area contributed by atoms with Crippen LogP contribution >= 0.6 is 0 Å². The van der Waals surface area contributed by atoms with Gasteiger partial charge in [0.1, 0.15) is 63.8 Å². The summed E-state index contributed by atoms with van der Waals surface area (Å²) < 4.78 is 18.1. The topological polar surface area (TPSA) is 119 Å². The standard InChI is InChI=1S/C32H26O8/c1-16-28(36)27-30(40-24-14-22(35)25(17(2)33)31(37)32(24,27)3)26-21(34)13-23(39-29(16)26)19-9-11-20(12-10-19)38-15-18-7-5-4-6-8-18/h4-12,14,23,35-36H,13,15H2,1-3H3/t23?,32-/m1/s1. The van der Waals surface area contributed by atoms with Gasteiger partial charge in [-0.2, -0.15) is 0 Å². The van der Waals surface area contributed by atoms with E-state index in [-0.39, 0.29) is 57.5 Å². The van der Waals surface area contributed by atoms with Crippen molar-refractivity contribution in [3.8, 4) is 23.0 Å². The number of hydrogen-bond acceptors (Lipinski definition) is 8. The summed E-state index contributed by atoms with van der Waals surface area (Å²) in [6, 6.07) is 17.1. The molecule has 0 aromatic heterocycles. The van der Waals surface area contributed by atoms with Crippen LogP contribution in [0, 0.1) is 6.92 Å². The van der Waals surface area contributed by atoms with Crippen LogP contribution in [0.15, 0.2) is 77.8 Å². The number of hydrogen-bond donors (Lipinski definition) is 2. The summed E-state index contributed by atoms with van der Waals surface area (Å²) >= 11 is 0. The van der Waals surface area contributed by atoms with Crippen molar-refractivity contribution in [1.29, 1.82) is 0 Å². The summed E-state index contributed by atoms with van der Waals surface area (Å²) in [5.74, 6) is -1.51. The number of aromatic hydroxyl groups is 1. The Kier molecular flexibility index (Phi) is 5.80. The molecule has 0 spiro atoms. The van der Waals surface area contributed by atoms with Crippen molar-refractivity contribution in [2.24, 2.45) is 0 Å². The molecule has 0 fully saturated rings. The first-order valence-electron chi connectivity index (χ1n) is 12.9. The molecule has 1 unspecified atom stereocenters. The van der Waals surface area contributed by atoms with Crippen LogP contribution in [-0.4, -0.2) is 27.6 Å². The van der Waals surface area contributed by atoms with Crippen molar-refractivity contribution in [1.82, 2.24) is 0 Å². The van der Waals surface area contributed by atoms with Gasteiger partial charge >= 0.3 is 0 Å². The van der Waals surface area contributed by atoms with Crippen molar-refractivity contribution in [3.05, 3.63) is 106 Å². The number of ketones is 3. The number of aliphatic hydroxyl groups is 1. The molecular weight excluding hydrogens is 512 g/mol. The highest BCUT2D eigenvalue weighted by Crippen LogP contribution is 2.59. The minimum atomic E-state index is -1.58. The lowest BCUT2D eigenvalue weighted by Gasteiger charge is -2.30. The Morgan fingerprint density at radius 2 is 1.75 bits per heavy atom. The first-order chi connectivity index (χ1) is 19.1. The summed E-state index contributed by atoms with van der Waals surface area (Å²) in [5, 5.41) is 21.6. The highest BCUT2D eigenvalue weighted by molar-refractivity contribution is 6.26. The summed E-state index contributed by atoms with van der Waals surface area (Å²) in [6.45, 7) is 4.71. The summed E-state index contributed by atoms with van der Waals surface area (Å²) in [4.78, 5) is 39.2. The Morgan fingerprint density at radius 1 is 1.05 bits per heavy atom. The Balaban J connectivity index is 1.32. The van der Waals surface area contributed by atoms with Crippen LogP contribution in [0.3, 0.4) is 0 Å². The molecule has 0 saturated heterocycles. The third-order valence-corrected chi connectivity index (χ3v) is 7.79. The van der Waals surface area contributed by atoms with Gasteiger partial charge in [0.25, 0.3) is 0 Å². The lowest BCUT2D eigenvalue weighted by atomic mass is 9.70. The lowest BCUT2D eigenvalue weighted by molar-refractivity contribution is -0.123. The van der Waals surface area contributed by atoms with Crippen molar-refractivity contribution >= 4 is 17.3 Å². The highest BCUT2D eigenvalue weighted by atomic mass is 16.5. The number of phenolic OH excluding ortho intramolecular Hbond substituents is 1. The fraction of sp³-hybridized carbons (Fsp3) is 0.219. The maximum atomic E-state index is 13.6. The van der Waals surface area contributed by atoms with Crippen LogP contribution in [0.1, 0.15) is 59.0 Å². The van der Waals surface area contributed by atoms with Crippen molar-refractivity contribution in [2.75, 3.05) is 0 Å². The molecule has 202 valence electrons. The van der Waals surface area contributed by atoms with Crippen molar-refractivity contribution in [2.45, 2.75) is 45.3 Å². The van der Waals surface area contributed by atoms with Gasteiger partial charge in [0, 0.05) is 11.6 Å². The van der Waals surface area contributed by atoms with E-state index >= 15 is 0 Å². The fourth-order valence-corrected chi connectivity index (χ4v) is 5.58. The number of phenols is 1. The molecule has 2 N–H and O–H groups in total. The second-order valence-corrected chi connectivity index (χ2v) is 10.3. The van der Waals surface area contributed by atoms with E-state index in [1.54, 1.807) is 6.92 Å². The smallest absolute Gasteiger partial charge is 0.188 e.